The summed E-state index contributed by atoms with van der Waals surface area (Å²) >= 11 is 9.34. The van der Waals surface area contributed by atoms with Crippen molar-refractivity contribution in [2.75, 3.05) is 0 Å². The van der Waals surface area contributed by atoms with E-state index in [-0.39, 0.29) is 0 Å². The maximum atomic E-state index is 5.87. The van der Waals surface area contributed by atoms with E-state index in [4.69, 9.17) is 11.6 Å². The molecule has 0 amide bonds. The Hall–Kier alpha value is -0.530. The molecule has 0 radical (unpaired) electrons. The van der Waals surface area contributed by atoms with E-state index >= 15 is 0 Å². The van der Waals surface area contributed by atoms with Crippen LogP contribution in [0.1, 0.15) is 0 Å². The van der Waals surface area contributed by atoms with E-state index in [0.717, 1.165) is 14.9 Å². The van der Waals surface area contributed by atoms with Crippen LogP contribution in [0.15, 0.2) is 40.9 Å². The third-order valence-electron chi connectivity index (χ3n) is 1.79. The molecule has 2 heteroatoms. The molecule has 0 aliphatic carbocycles. The molecule has 0 heterocycles. The van der Waals surface area contributed by atoms with Gasteiger partial charge in [-0.2, -0.15) is 0 Å². The van der Waals surface area contributed by atoms with Crippen LogP contribution in [0.5, 0.6) is 0 Å². The van der Waals surface area contributed by atoms with Crippen LogP contribution in [0.3, 0.4) is 0 Å². The number of benzene rings is 2. The van der Waals surface area contributed by atoms with Crippen molar-refractivity contribution in [3.8, 4) is 0 Å². The van der Waals surface area contributed by atoms with E-state index in [0.29, 0.717) is 0 Å². The molecule has 0 aromatic heterocycles. The van der Waals surface area contributed by atoms with Crippen molar-refractivity contribution in [3.05, 3.63) is 45.9 Å². The van der Waals surface area contributed by atoms with Gasteiger partial charge in [0.2, 0.25) is 0 Å². The topological polar surface area (TPSA) is 0 Å². The first-order valence-corrected chi connectivity index (χ1v) is 4.78. The molecule has 0 atom stereocenters. The van der Waals surface area contributed by atoms with Crippen molar-refractivity contribution >= 4 is 38.3 Å². The van der Waals surface area contributed by atoms with Crippen molar-refractivity contribution in [2.24, 2.45) is 0 Å². The molecule has 60 valence electrons. The minimum atomic E-state index is 0.773. The maximum absolute atomic E-state index is 5.87. The van der Waals surface area contributed by atoms with Gasteiger partial charge in [0.15, 0.2) is 0 Å². The second-order valence-electron chi connectivity index (χ2n) is 2.61. The largest absolute Gasteiger partial charge is 0.0843 e. The highest BCUT2D eigenvalue weighted by Gasteiger charge is 1.97. The van der Waals surface area contributed by atoms with Crippen LogP contribution in [-0.4, -0.2) is 0 Å². The fourth-order valence-electron chi connectivity index (χ4n) is 1.21. The summed E-state index contributed by atoms with van der Waals surface area (Å²) in [5.41, 5.74) is 0. The molecule has 0 nitrogen and oxygen atoms in total. The van der Waals surface area contributed by atoms with Crippen LogP contribution in [0.2, 0.25) is 5.02 Å². The summed E-state index contributed by atoms with van der Waals surface area (Å²) in [6, 6.07) is 12.0. The Morgan fingerprint density at radius 2 is 1.92 bits per heavy atom. The number of rotatable bonds is 0. The fourth-order valence-corrected chi connectivity index (χ4v) is 1.87. The lowest BCUT2D eigenvalue weighted by atomic mass is 10.1. The van der Waals surface area contributed by atoms with Crippen molar-refractivity contribution in [1.82, 2.24) is 0 Å². The van der Waals surface area contributed by atoms with E-state index < -0.39 is 0 Å². The molecule has 12 heavy (non-hydrogen) atoms. The van der Waals surface area contributed by atoms with E-state index in [2.05, 4.69) is 22.0 Å². The smallest absolute Gasteiger partial charge is 0.0412 e. The summed E-state index contributed by atoms with van der Waals surface area (Å²) in [6.07, 6.45) is 0. The van der Waals surface area contributed by atoms with Gasteiger partial charge in [0, 0.05) is 9.50 Å². The Kier molecular flexibility index (Phi) is 2.07. The number of fused-ring (bicyclic) bond motifs is 1. The van der Waals surface area contributed by atoms with Crippen molar-refractivity contribution in [3.63, 3.8) is 0 Å². The molecule has 0 saturated carbocycles. The quantitative estimate of drug-likeness (QED) is 0.647. The van der Waals surface area contributed by atoms with E-state index in [1.165, 1.54) is 5.39 Å². The zero-order valence-electron chi connectivity index (χ0n) is 6.22. The number of hydrogen-bond acceptors (Lipinski definition) is 0. The maximum Gasteiger partial charge on any atom is 0.0412 e. The lowest BCUT2D eigenvalue weighted by Crippen LogP contribution is -1.73. The van der Waals surface area contributed by atoms with Crippen molar-refractivity contribution < 1.29 is 0 Å². The van der Waals surface area contributed by atoms with E-state index in [1.54, 1.807) is 0 Å². The molecule has 2 aromatic rings. The van der Waals surface area contributed by atoms with E-state index in [1.807, 2.05) is 30.3 Å². The summed E-state index contributed by atoms with van der Waals surface area (Å²) in [5, 5.41) is 3.13. The molecule has 0 spiro atoms. The Morgan fingerprint density at radius 1 is 1.08 bits per heavy atom. The minimum Gasteiger partial charge on any atom is -0.0843 e. The van der Waals surface area contributed by atoms with Gasteiger partial charge >= 0.3 is 0 Å². The molecule has 2 aromatic carbocycles. The van der Waals surface area contributed by atoms with E-state index in [9.17, 15) is 0 Å². The molecule has 0 saturated heterocycles. The molecule has 0 aliphatic heterocycles. The molecule has 0 fully saturated rings. The van der Waals surface area contributed by atoms with Crippen molar-refractivity contribution in [2.45, 2.75) is 0 Å². The molecule has 0 aliphatic rings. The van der Waals surface area contributed by atoms with Gasteiger partial charge in [-0.05, 0) is 29.0 Å². The standard InChI is InChI=1S/C10H6BrCl/c11-10-3-1-2-7-4-5-8(12)6-9(7)10/h1-6H. The van der Waals surface area contributed by atoms with Gasteiger partial charge in [0.05, 0.1) is 0 Å². The Morgan fingerprint density at radius 3 is 2.75 bits per heavy atom. The van der Waals surface area contributed by atoms with Gasteiger partial charge in [-0.15, -0.1) is 0 Å². The lowest BCUT2D eigenvalue weighted by molar-refractivity contribution is 1.71. The predicted octanol–water partition coefficient (Wildman–Crippen LogP) is 4.26. The molecule has 2 rings (SSSR count). The summed E-state index contributed by atoms with van der Waals surface area (Å²) in [7, 11) is 0. The van der Waals surface area contributed by atoms with Crippen LogP contribution in [0, 0.1) is 0 Å². The highest BCUT2D eigenvalue weighted by Crippen LogP contribution is 2.26. The zero-order chi connectivity index (χ0) is 8.55. The Bertz CT molecular complexity index is 423. The van der Waals surface area contributed by atoms with Crippen molar-refractivity contribution in [1.29, 1.82) is 0 Å². The first-order chi connectivity index (χ1) is 5.77. The lowest BCUT2D eigenvalue weighted by Gasteiger charge is -1.99. The van der Waals surface area contributed by atoms with Gasteiger partial charge in [0.1, 0.15) is 0 Å². The Labute approximate surface area is 84.3 Å². The minimum absolute atomic E-state index is 0.773. The fraction of sp³-hybridized carbons (Fsp3) is 0. The monoisotopic (exact) mass is 240 g/mol. The highest BCUT2D eigenvalue weighted by atomic mass is 79.9. The second-order valence-corrected chi connectivity index (χ2v) is 3.90. The SMILES string of the molecule is Clc1ccc2cccc(Br)c2c1. The van der Waals surface area contributed by atoms with Gasteiger partial charge in [-0.25, -0.2) is 0 Å². The predicted molar refractivity (Wildman–Crippen MR) is 56.7 cm³/mol. The van der Waals surface area contributed by atoms with Crippen LogP contribution in [0.4, 0.5) is 0 Å². The van der Waals surface area contributed by atoms with Crippen LogP contribution in [0.25, 0.3) is 10.8 Å². The number of halogens is 2. The van der Waals surface area contributed by atoms with Gasteiger partial charge in [0.25, 0.3) is 0 Å². The highest BCUT2D eigenvalue weighted by molar-refractivity contribution is 9.10. The summed E-state index contributed by atoms with van der Waals surface area (Å²) in [5.74, 6) is 0. The first kappa shape index (κ1) is 8.09. The average Bonchev–Trinajstić information content (AvgIpc) is 2.07. The normalized spacial score (nSPS) is 10.5. The number of hydrogen-bond donors (Lipinski definition) is 0. The second kappa shape index (κ2) is 3.08. The third kappa shape index (κ3) is 1.35. The molecule has 0 bridgehead atoms. The van der Waals surface area contributed by atoms with Crippen LogP contribution in [-0.2, 0) is 0 Å². The molecular formula is C10H6BrCl. The molecular weight excluding hydrogens is 235 g/mol. The summed E-state index contributed by atoms with van der Waals surface area (Å²) in [6.45, 7) is 0. The average molecular weight is 242 g/mol. The zero-order valence-corrected chi connectivity index (χ0v) is 8.56. The van der Waals surface area contributed by atoms with Gasteiger partial charge in [-0.1, -0.05) is 45.7 Å². The third-order valence-corrected chi connectivity index (χ3v) is 2.72. The van der Waals surface area contributed by atoms with Crippen LogP contribution < -0.4 is 0 Å². The van der Waals surface area contributed by atoms with Crippen LogP contribution >= 0.6 is 27.5 Å². The molecule has 0 N–H and O–H groups in total. The first-order valence-electron chi connectivity index (χ1n) is 3.61. The molecule has 0 unspecified atom stereocenters. The van der Waals surface area contributed by atoms with Gasteiger partial charge < -0.3 is 0 Å². The summed E-state index contributed by atoms with van der Waals surface area (Å²) in [4.78, 5) is 0. The Balaban J connectivity index is 2.88. The van der Waals surface area contributed by atoms with Gasteiger partial charge in [-0.3, -0.25) is 0 Å². The summed E-state index contributed by atoms with van der Waals surface area (Å²) < 4.78 is 1.09.